The van der Waals surface area contributed by atoms with Gasteiger partial charge in [-0.3, -0.25) is 10.1 Å². The average molecular weight is 240 g/mol. The van der Waals surface area contributed by atoms with Crippen LogP contribution in [0.2, 0.25) is 0 Å². The zero-order valence-electron chi connectivity index (χ0n) is 9.91. The molecule has 0 unspecified atom stereocenters. The summed E-state index contributed by atoms with van der Waals surface area (Å²) in [5.41, 5.74) is 0.254. The number of hydrogen-bond donors (Lipinski definition) is 1. The van der Waals surface area contributed by atoms with Crippen LogP contribution in [0.15, 0.2) is 18.2 Å². The fourth-order valence-electron chi connectivity index (χ4n) is 1.54. The van der Waals surface area contributed by atoms with Crippen molar-refractivity contribution in [1.29, 1.82) is 0 Å². The molecule has 0 aliphatic rings. The van der Waals surface area contributed by atoms with Gasteiger partial charge in [-0.2, -0.15) is 4.39 Å². The summed E-state index contributed by atoms with van der Waals surface area (Å²) in [6, 6.07) is 4.00. The Morgan fingerprint density at radius 2 is 2.18 bits per heavy atom. The van der Waals surface area contributed by atoms with Gasteiger partial charge in [0.05, 0.1) is 4.92 Å². The van der Waals surface area contributed by atoms with Crippen LogP contribution in [0, 0.1) is 15.9 Å². The van der Waals surface area contributed by atoms with Gasteiger partial charge in [0.15, 0.2) is 0 Å². The van der Waals surface area contributed by atoms with Crippen molar-refractivity contribution in [2.75, 3.05) is 6.54 Å². The molecule has 94 valence electrons. The van der Waals surface area contributed by atoms with Crippen molar-refractivity contribution in [1.82, 2.24) is 5.32 Å². The second kappa shape index (κ2) is 6.96. The Morgan fingerprint density at radius 3 is 2.76 bits per heavy atom. The highest BCUT2D eigenvalue weighted by atomic mass is 19.1. The van der Waals surface area contributed by atoms with E-state index in [1.807, 2.05) is 0 Å². The van der Waals surface area contributed by atoms with Crippen LogP contribution < -0.4 is 5.32 Å². The summed E-state index contributed by atoms with van der Waals surface area (Å²) >= 11 is 0. The number of unbranched alkanes of at least 4 members (excludes halogenated alkanes) is 2. The van der Waals surface area contributed by atoms with Crippen molar-refractivity contribution in [3.8, 4) is 0 Å². The molecular weight excluding hydrogens is 223 g/mol. The summed E-state index contributed by atoms with van der Waals surface area (Å²) in [5, 5.41) is 13.6. The van der Waals surface area contributed by atoms with Gasteiger partial charge in [-0.05, 0) is 24.6 Å². The van der Waals surface area contributed by atoms with Crippen LogP contribution in [0.4, 0.5) is 10.1 Å². The van der Waals surface area contributed by atoms with Crippen LogP contribution in [0.1, 0.15) is 31.7 Å². The molecule has 0 heterocycles. The lowest BCUT2D eigenvalue weighted by Gasteiger charge is -2.04. The van der Waals surface area contributed by atoms with E-state index >= 15 is 0 Å². The number of nitrogens with one attached hydrogen (secondary N) is 1. The van der Waals surface area contributed by atoms with Gasteiger partial charge in [0.2, 0.25) is 5.82 Å². The number of nitro groups is 1. The average Bonchev–Trinajstić information content (AvgIpc) is 2.28. The number of nitrogens with zero attached hydrogens (tertiary/aromatic N) is 1. The number of hydrogen-bond acceptors (Lipinski definition) is 3. The van der Waals surface area contributed by atoms with Gasteiger partial charge in [-0.15, -0.1) is 0 Å². The lowest BCUT2D eigenvalue weighted by atomic mass is 10.2. The third kappa shape index (κ3) is 4.48. The van der Waals surface area contributed by atoms with Crippen molar-refractivity contribution in [2.45, 2.75) is 32.7 Å². The fraction of sp³-hybridized carbons (Fsp3) is 0.500. The summed E-state index contributed by atoms with van der Waals surface area (Å²) in [5.74, 6) is -0.775. The quantitative estimate of drug-likeness (QED) is 0.453. The van der Waals surface area contributed by atoms with E-state index in [0.29, 0.717) is 6.54 Å². The summed E-state index contributed by atoms with van der Waals surface area (Å²) < 4.78 is 13.3. The third-order valence-corrected chi connectivity index (χ3v) is 2.50. The van der Waals surface area contributed by atoms with Crippen LogP contribution in [0.25, 0.3) is 0 Å². The van der Waals surface area contributed by atoms with E-state index in [9.17, 15) is 14.5 Å². The Kier molecular flexibility index (Phi) is 5.56. The van der Waals surface area contributed by atoms with E-state index in [4.69, 9.17) is 0 Å². The largest absolute Gasteiger partial charge is 0.313 e. The zero-order valence-corrected chi connectivity index (χ0v) is 9.91. The SMILES string of the molecule is CCCCCNCc1ccc([N+](=O)[O-])c(F)c1. The maximum atomic E-state index is 13.3. The van der Waals surface area contributed by atoms with Gasteiger partial charge in [0.1, 0.15) is 0 Å². The van der Waals surface area contributed by atoms with E-state index < -0.39 is 16.4 Å². The minimum atomic E-state index is -0.775. The first-order valence-electron chi connectivity index (χ1n) is 5.78. The topological polar surface area (TPSA) is 55.2 Å². The predicted octanol–water partition coefficient (Wildman–Crippen LogP) is 3.01. The molecule has 0 bridgehead atoms. The second-order valence-electron chi connectivity index (χ2n) is 3.93. The third-order valence-electron chi connectivity index (χ3n) is 2.50. The standard InChI is InChI=1S/C12H17FN2O2/c1-2-3-4-7-14-9-10-5-6-12(15(16)17)11(13)8-10/h5-6,8,14H,2-4,7,9H2,1H3. The van der Waals surface area contributed by atoms with Crippen molar-refractivity contribution in [3.05, 3.63) is 39.7 Å². The van der Waals surface area contributed by atoms with Crippen LogP contribution in [0.3, 0.4) is 0 Å². The summed E-state index contributed by atoms with van der Waals surface area (Å²) in [7, 11) is 0. The fourth-order valence-corrected chi connectivity index (χ4v) is 1.54. The first-order valence-corrected chi connectivity index (χ1v) is 5.78. The van der Waals surface area contributed by atoms with Gasteiger partial charge in [0.25, 0.3) is 0 Å². The first kappa shape index (κ1) is 13.6. The predicted molar refractivity (Wildman–Crippen MR) is 64.3 cm³/mol. The Bertz CT molecular complexity index is 383. The summed E-state index contributed by atoms with van der Waals surface area (Å²) in [6.07, 6.45) is 3.42. The second-order valence-corrected chi connectivity index (χ2v) is 3.93. The lowest BCUT2D eigenvalue weighted by molar-refractivity contribution is -0.387. The molecule has 0 aliphatic heterocycles. The van der Waals surface area contributed by atoms with E-state index in [1.54, 1.807) is 6.07 Å². The van der Waals surface area contributed by atoms with E-state index in [1.165, 1.54) is 18.6 Å². The van der Waals surface area contributed by atoms with E-state index in [0.717, 1.165) is 24.9 Å². The number of nitro benzene ring substituents is 1. The highest BCUT2D eigenvalue weighted by Gasteiger charge is 2.13. The molecule has 1 rings (SSSR count). The van der Waals surface area contributed by atoms with Gasteiger partial charge in [-0.25, -0.2) is 0 Å². The Hall–Kier alpha value is -1.49. The number of halogens is 1. The van der Waals surface area contributed by atoms with Crippen molar-refractivity contribution in [2.24, 2.45) is 0 Å². The van der Waals surface area contributed by atoms with Gasteiger partial charge in [0, 0.05) is 12.6 Å². The Morgan fingerprint density at radius 1 is 1.41 bits per heavy atom. The molecule has 1 aromatic rings. The van der Waals surface area contributed by atoms with Crippen LogP contribution in [0.5, 0.6) is 0 Å². The molecule has 0 saturated carbocycles. The molecule has 0 radical (unpaired) electrons. The minimum absolute atomic E-state index is 0.472. The monoisotopic (exact) mass is 240 g/mol. The van der Waals surface area contributed by atoms with Crippen LogP contribution >= 0.6 is 0 Å². The maximum Gasteiger partial charge on any atom is 0.304 e. The Balaban J connectivity index is 2.45. The molecule has 0 fully saturated rings. The van der Waals surface area contributed by atoms with Gasteiger partial charge < -0.3 is 5.32 Å². The molecule has 0 atom stereocenters. The zero-order chi connectivity index (χ0) is 12.7. The number of rotatable bonds is 7. The summed E-state index contributed by atoms with van der Waals surface area (Å²) in [4.78, 5) is 9.70. The molecule has 1 N–H and O–H groups in total. The maximum absolute atomic E-state index is 13.3. The van der Waals surface area contributed by atoms with Gasteiger partial charge in [-0.1, -0.05) is 25.8 Å². The molecule has 1 aromatic carbocycles. The van der Waals surface area contributed by atoms with Crippen LogP contribution in [-0.4, -0.2) is 11.5 Å². The van der Waals surface area contributed by atoms with Gasteiger partial charge >= 0.3 is 5.69 Å². The van der Waals surface area contributed by atoms with Crippen LogP contribution in [-0.2, 0) is 6.54 Å². The molecule has 0 aromatic heterocycles. The number of benzene rings is 1. The molecule has 0 aliphatic carbocycles. The molecular formula is C12H17FN2O2. The smallest absolute Gasteiger partial charge is 0.304 e. The van der Waals surface area contributed by atoms with Crippen molar-refractivity contribution in [3.63, 3.8) is 0 Å². The summed E-state index contributed by atoms with van der Waals surface area (Å²) in [6.45, 7) is 3.55. The van der Waals surface area contributed by atoms with E-state index in [-0.39, 0.29) is 0 Å². The molecule has 0 amide bonds. The van der Waals surface area contributed by atoms with E-state index in [2.05, 4.69) is 12.2 Å². The van der Waals surface area contributed by atoms with Crippen molar-refractivity contribution >= 4 is 5.69 Å². The molecule has 0 saturated heterocycles. The Labute approximate surface area is 100.0 Å². The van der Waals surface area contributed by atoms with Crippen molar-refractivity contribution < 1.29 is 9.31 Å². The molecule has 5 heteroatoms. The molecule has 17 heavy (non-hydrogen) atoms. The highest BCUT2D eigenvalue weighted by Crippen LogP contribution is 2.17. The molecule has 4 nitrogen and oxygen atoms in total. The minimum Gasteiger partial charge on any atom is -0.313 e. The normalized spacial score (nSPS) is 10.5. The molecule has 0 spiro atoms. The first-order chi connectivity index (χ1) is 8.15. The highest BCUT2D eigenvalue weighted by molar-refractivity contribution is 5.34. The lowest BCUT2D eigenvalue weighted by Crippen LogP contribution is -2.14.